The first kappa shape index (κ1) is 35.4. The molecule has 0 radical (unpaired) electrons. The van der Waals surface area contributed by atoms with Crippen LogP contribution in [0.5, 0.6) is 0 Å². The van der Waals surface area contributed by atoms with E-state index < -0.39 is 0 Å². The Labute approximate surface area is 364 Å². The second-order valence-corrected chi connectivity index (χ2v) is 16.5. The lowest BCUT2D eigenvalue weighted by molar-refractivity contribution is 1.17. The number of aromatic nitrogens is 3. The molecule has 3 heteroatoms. The van der Waals surface area contributed by atoms with E-state index in [2.05, 4.69) is 250 Å². The molecule has 3 aromatic heterocycles. The molecule has 0 N–H and O–H groups in total. The molecular formula is C60H39N3. The molecule has 0 saturated heterocycles. The first-order valence-corrected chi connectivity index (χ1v) is 21.7. The third-order valence-corrected chi connectivity index (χ3v) is 13.1. The van der Waals surface area contributed by atoms with Gasteiger partial charge >= 0.3 is 0 Å². The highest BCUT2D eigenvalue weighted by Crippen LogP contribution is 2.40. The number of para-hydroxylation sites is 4. The molecule has 10 aromatic carbocycles. The van der Waals surface area contributed by atoms with Crippen molar-refractivity contribution in [2.45, 2.75) is 0 Å². The molecule has 0 aliphatic carbocycles. The maximum atomic E-state index is 2.43. The van der Waals surface area contributed by atoms with Crippen molar-refractivity contribution >= 4 is 65.4 Å². The van der Waals surface area contributed by atoms with Crippen molar-refractivity contribution in [3.05, 3.63) is 237 Å². The SMILES string of the molecule is c1ccc(-c2ccc(-c3ccc(-n4c5ccccc5c5cc(-c6ccc7c(c6)c6ccccc6n7-c6ccc7c(c6)c6ccccc6n7-c6ccccc6)ccc54)cc3)cc2)cc1. The minimum absolute atomic E-state index is 1.15. The maximum absolute atomic E-state index is 2.43. The number of nitrogens with zero attached hydrogens (tertiary/aromatic N) is 3. The molecule has 0 bridgehead atoms. The van der Waals surface area contributed by atoms with Crippen LogP contribution in [0.15, 0.2) is 237 Å². The Kier molecular flexibility index (Phi) is 7.91. The monoisotopic (exact) mass is 801 g/mol. The van der Waals surface area contributed by atoms with Crippen LogP contribution in [0.4, 0.5) is 0 Å². The molecule has 0 amide bonds. The summed E-state index contributed by atoms with van der Waals surface area (Å²) >= 11 is 0. The fourth-order valence-corrected chi connectivity index (χ4v) is 10.1. The van der Waals surface area contributed by atoms with Gasteiger partial charge in [-0.2, -0.15) is 0 Å². The van der Waals surface area contributed by atoms with Gasteiger partial charge in [0, 0.05) is 49.4 Å². The molecule has 0 unspecified atom stereocenters. The van der Waals surface area contributed by atoms with E-state index in [1.165, 1.54) is 104 Å². The number of rotatable bonds is 6. The summed E-state index contributed by atoms with van der Waals surface area (Å²) in [4.78, 5) is 0. The molecule has 0 atom stereocenters. The van der Waals surface area contributed by atoms with Crippen LogP contribution in [-0.2, 0) is 0 Å². The summed E-state index contributed by atoms with van der Waals surface area (Å²) < 4.78 is 7.22. The molecule has 3 heterocycles. The van der Waals surface area contributed by atoms with Crippen molar-refractivity contribution in [3.8, 4) is 50.4 Å². The fraction of sp³-hybridized carbons (Fsp3) is 0. The number of hydrogen-bond acceptors (Lipinski definition) is 0. The summed E-state index contributed by atoms with van der Waals surface area (Å²) in [5.74, 6) is 0. The summed E-state index contributed by atoms with van der Waals surface area (Å²) in [6.45, 7) is 0. The van der Waals surface area contributed by atoms with E-state index in [4.69, 9.17) is 0 Å². The zero-order valence-corrected chi connectivity index (χ0v) is 34.4. The van der Waals surface area contributed by atoms with Gasteiger partial charge in [0.1, 0.15) is 0 Å². The normalized spacial score (nSPS) is 11.8. The van der Waals surface area contributed by atoms with Gasteiger partial charge in [-0.1, -0.05) is 152 Å². The van der Waals surface area contributed by atoms with Crippen LogP contribution in [0, 0.1) is 0 Å². The smallest absolute Gasteiger partial charge is 0.0542 e. The third-order valence-electron chi connectivity index (χ3n) is 13.1. The number of fused-ring (bicyclic) bond motifs is 9. The highest BCUT2D eigenvalue weighted by Gasteiger charge is 2.18. The topological polar surface area (TPSA) is 14.8 Å². The average Bonchev–Trinajstić information content (AvgIpc) is 3.99. The van der Waals surface area contributed by atoms with Crippen molar-refractivity contribution in [1.29, 1.82) is 0 Å². The molecule has 0 fully saturated rings. The molecule has 13 aromatic rings. The van der Waals surface area contributed by atoms with Crippen molar-refractivity contribution in [1.82, 2.24) is 13.7 Å². The summed E-state index contributed by atoms with van der Waals surface area (Å²) in [5, 5.41) is 7.47. The van der Waals surface area contributed by atoms with Crippen molar-refractivity contribution in [2.24, 2.45) is 0 Å². The predicted octanol–water partition coefficient (Wildman–Crippen LogP) is 16.0. The second-order valence-electron chi connectivity index (χ2n) is 16.5. The molecule has 13 rings (SSSR count). The van der Waals surface area contributed by atoms with Gasteiger partial charge in [-0.05, 0) is 118 Å². The van der Waals surface area contributed by atoms with Gasteiger partial charge in [-0.25, -0.2) is 0 Å². The van der Waals surface area contributed by atoms with Crippen LogP contribution in [0.3, 0.4) is 0 Å². The minimum Gasteiger partial charge on any atom is -0.309 e. The van der Waals surface area contributed by atoms with E-state index in [9.17, 15) is 0 Å². The fourth-order valence-electron chi connectivity index (χ4n) is 10.1. The highest BCUT2D eigenvalue weighted by atomic mass is 15.0. The van der Waals surface area contributed by atoms with E-state index in [1.54, 1.807) is 0 Å². The zero-order chi connectivity index (χ0) is 41.4. The lowest BCUT2D eigenvalue weighted by atomic mass is 10.00. The van der Waals surface area contributed by atoms with Gasteiger partial charge in [0.25, 0.3) is 0 Å². The number of benzene rings is 10. The van der Waals surface area contributed by atoms with Crippen molar-refractivity contribution in [2.75, 3.05) is 0 Å². The Morgan fingerprint density at radius 1 is 0.175 bits per heavy atom. The maximum Gasteiger partial charge on any atom is 0.0542 e. The molecule has 294 valence electrons. The molecular weight excluding hydrogens is 763 g/mol. The highest BCUT2D eigenvalue weighted by molar-refractivity contribution is 6.14. The van der Waals surface area contributed by atoms with Crippen LogP contribution < -0.4 is 0 Å². The Balaban J connectivity index is 0.896. The van der Waals surface area contributed by atoms with E-state index >= 15 is 0 Å². The minimum atomic E-state index is 1.15. The zero-order valence-electron chi connectivity index (χ0n) is 34.4. The Morgan fingerprint density at radius 2 is 0.476 bits per heavy atom. The quantitative estimate of drug-likeness (QED) is 0.159. The van der Waals surface area contributed by atoms with Crippen LogP contribution in [-0.4, -0.2) is 13.7 Å². The molecule has 0 saturated carbocycles. The molecule has 0 spiro atoms. The van der Waals surface area contributed by atoms with Gasteiger partial charge in [-0.15, -0.1) is 0 Å². The number of hydrogen-bond donors (Lipinski definition) is 0. The Hall–Kier alpha value is -8.40. The third kappa shape index (κ3) is 5.60. The average molecular weight is 802 g/mol. The van der Waals surface area contributed by atoms with Crippen LogP contribution >= 0.6 is 0 Å². The molecule has 0 aliphatic rings. The largest absolute Gasteiger partial charge is 0.309 e. The molecule has 3 nitrogen and oxygen atoms in total. The van der Waals surface area contributed by atoms with Gasteiger partial charge in [0.2, 0.25) is 0 Å². The van der Waals surface area contributed by atoms with Gasteiger partial charge in [0.05, 0.1) is 33.1 Å². The van der Waals surface area contributed by atoms with Gasteiger partial charge in [0.15, 0.2) is 0 Å². The molecule has 63 heavy (non-hydrogen) atoms. The van der Waals surface area contributed by atoms with E-state index in [-0.39, 0.29) is 0 Å². The van der Waals surface area contributed by atoms with Crippen LogP contribution in [0.25, 0.3) is 116 Å². The lowest BCUT2D eigenvalue weighted by Crippen LogP contribution is -1.95. The predicted molar refractivity (Wildman–Crippen MR) is 266 cm³/mol. The van der Waals surface area contributed by atoms with E-state index in [1.807, 2.05) is 0 Å². The standard InChI is InChI=1S/C60H39N3/c1-3-13-40(14-4-1)41-23-25-42(26-24-41)43-27-31-47(32-28-43)62-55-20-10-7-17-49(55)52-37-44(29-34-58(52)62)45-30-35-59-53(38-45)50-18-8-12-22-57(50)63(59)48-33-36-60-54(39-48)51-19-9-11-21-56(51)61(60)46-15-5-2-6-16-46/h1-39H. The molecule has 0 aliphatic heterocycles. The second kappa shape index (κ2) is 14.1. The van der Waals surface area contributed by atoms with Crippen LogP contribution in [0.2, 0.25) is 0 Å². The van der Waals surface area contributed by atoms with E-state index in [0.717, 1.165) is 11.4 Å². The van der Waals surface area contributed by atoms with E-state index in [0.29, 0.717) is 0 Å². The van der Waals surface area contributed by atoms with Crippen molar-refractivity contribution in [3.63, 3.8) is 0 Å². The summed E-state index contributed by atoms with van der Waals surface area (Å²) in [5.41, 5.74) is 17.9. The first-order valence-electron chi connectivity index (χ1n) is 21.7. The summed E-state index contributed by atoms with van der Waals surface area (Å²) in [6, 6.07) is 86.4. The Bertz CT molecular complexity index is 3870. The Morgan fingerprint density at radius 3 is 0.968 bits per heavy atom. The van der Waals surface area contributed by atoms with Gasteiger partial charge < -0.3 is 13.7 Å². The van der Waals surface area contributed by atoms with Crippen molar-refractivity contribution < 1.29 is 0 Å². The first-order chi connectivity index (χ1) is 31.2. The summed E-state index contributed by atoms with van der Waals surface area (Å²) in [6.07, 6.45) is 0. The van der Waals surface area contributed by atoms with Crippen LogP contribution in [0.1, 0.15) is 0 Å². The van der Waals surface area contributed by atoms with Gasteiger partial charge in [-0.3, -0.25) is 0 Å². The summed E-state index contributed by atoms with van der Waals surface area (Å²) in [7, 11) is 0. The lowest BCUT2D eigenvalue weighted by Gasteiger charge is -2.11.